The fraction of sp³-hybridized carbons (Fsp3) is 0.200. The number of hydrogen-bond donors (Lipinski definition) is 1. The minimum absolute atomic E-state index is 0.0541. The van der Waals surface area contributed by atoms with Crippen molar-refractivity contribution < 1.29 is 22.4 Å². The molecule has 3 aromatic rings. The minimum atomic E-state index is -4.21. The van der Waals surface area contributed by atoms with Gasteiger partial charge in [0, 0.05) is 24.3 Å². The van der Waals surface area contributed by atoms with Crippen LogP contribution in [0.5, 0.6) is 0 Å². The van der Waals surface area contributed by atoms with Gasteiger partial charge in [0.25, 0.3) is 10.0 Å². The van der Waals surface area contributed by atoms with Gasteiger partial charge in [0.2, 0.25) is 11.8 Å². The number of hydrogen-bond acceptors (Lipinski definition) is 4. The Labute approximate surface area is 197 Å². The standard InChI is InChI=1S/C25H24FN3O4S/c1-18-16-19(13-14-22(18)28-15-7-12-25(28)31)27-24(30)17-29(23-11-6-5-10-21(23)26)34(32,33)20-8-3-2-4-9-20/h2-6,8-11,13-14,16H,7,12,15,17H2,1H3,(H,27,30). The first-order chi connectivity index (χ1) is 16.3. The molecule has 0 spiro atoms. The summed E-state index contributed by atoms with van der Waals surface area (Å²) in [6, 6.07) is 18.1. The summed E-state index contributed by atoms with van der Waals surface area (Å²) in [4.78, 5) is 26.6. The summed E-state index contributed by atoms with van der Waals surface area (Å²) in [6.45, 7) is 1.87. The number of carbonyl (C=O) groups excluding carboxylic acids is 2. The molecular formula is C25H24FN3O4S. The molecule has 34 heavy (non-hydrogen) atoms. The number of rotatable bonds is 7. The quantitative estimate of drug-likeness (QED) is 0.551. The predicted octanol–water partition coefficient (Wildman–Crippen LogP) is 4.09. The molecule has 0 saturated carbocycles. The summed E-state index contributed by atoms with van der Waals surface area (Å²) in [6.07, 6.45) is 1.32. The van der Waals surface area contributed by atoms with E-state index in [9.17, 15) is 22.4 Å². The molecule has 9 heteroatoms. The Bertz CT molecular complexity index is 1330. The van der Waals surface area contributed by atoms with Gasteiger partial charge in [-0.15, -0.1) is 0 Å². The number of anilines is 3. The number of carbonyl (C=O) groups is 2. The van der Waals surface area contributed by atoms with Crippen molar-refractivity contribution in [3.63, 3.8) is 0 Å². The highest BCUT2D eigenvalue weighted by Gasteiger charge is 2.29. The molecule has 0 aromatic heterocycles. The maximum absolute atomic E-state index is 14.6. The van der Waals surface area contributed by atoms with Gasteiger partial charge in [-0.05, 0) is 61.4 Å². The van der Waals surface area contributed by atoms with Gasteiger partial charge < -0.3 is 10.2 Å². The number of para-hydroxylation sites is 1. The second kappa shape index (κ2) is 9.64. The van der Waals surface area contributed by atoms with Crippen LogP contribution in [0.4, 0.5) is 21.5 Å². The first-order valence-corrected chi connectivity index (χ1v) is 12.2. The normalized spacial score (nSPS) is 13.7. The van der Waals surface area contributed by atoms with E-state index < -0.39 is 28.3 Å². The van der Waals surface area contributed by atoms with Gasteiger partial charge in [0.15, 0.2) is 0 Å². The van der Waals surface area contributed by atoms with Gasteiger partial charge >= 0.3 is 0 Å². The Kier molecular flexibility index (Phi) is 6.65. The number of halogens is 1. The van der Waals surface area contributed by atoms with E-state index in [1.807, 2.05) is 6.92 Å². The van der Waals surface area contributed by atoms with Crippen molar-refractivity contribution in [1.29, 1.82) is 0 Å². The van der Waals surface area contributed by atoms with Crippen LogP contribution < -0.4 is 14.5 Å². The van der Waals surface area contributed by atoms with E-state index >= 15 is 0 Å². The lowest BCUT2D eigenvalue weighted by Gasteiger charge is -2.24. The van der Waals surface area contributed by atoms with E-state index in [-0.39, 0.29) is 16.5 Å². The third-order valence-corrected chi connectivity index (χ3v) is 7.36. The second-order valence-electron chi connectivity index (χ2n) is 7.97. The largest absolute Gasteiger partial charge is 0.325 e. The van der Waals surface area contributed by atoms with E-state index in [1.54, 1.807) is 41.3 Å². The second-order valence-corrected chi connectivity index (χ2v) is 9.84. The van der Waals surface area contributed by atoms with Crippen LogP contribution in [0.3, 0.4) is 0 Å². The lowest BCUT2D eigenvalue weighted by molar-refractivity contribution is -0.117. The summed E-state index contributed by atoms with van der Waals surface area (Å²) >= 11 is 0. The molecule has 1 aliphatic heterocycles. The third kappa shape index (κ3) is 4.79. The monoisotopic (exact) mass is 481 g/mol. The van der Waals surface area contributed by atoms with Crippen molar-refractivity contribution in [2.45, 2.75) is 24.7 Å². The molecule has 1 aliphatic rings. The Morgan fingerprint density at radius 1 is 1.06 bits per heavy atom. The van der Waals surface area contributed by atoms with Crippen LogP contribution in [0.1, 0.15) is 18.4 Å². The van der Waals surface area contributed by atoms with E-state index in [0.717, 1.165) is 28.0 Å². The van der Waals surface area contributed by atoms with Crippen LogP contribution >= 0.6 is 0 Å². The van der Waals surface area contributed by atoms with Crippen LogP contribution in [-0.2, 0) is 19.6 Å². The molecule has 0 atom stereocenters. The molecule has 4 rings (SSSR count). The molecular weight excluding hydrogens is 457 g/mol. The highest BCUT2D eigenvalue weighted by molar-refractivity contribution is 7.92. The van der Waals surface area contributed by atoms with Gasteiger partial charge in [-0.25, -0.2) is 12.8 Å². The van der Waals surface area contributed by atoms with Crippen molar-refractivity contribution in [2.24, 2.45) is 0 Å². The number of sulfonamides is 1. The van der Waals surface area contributed by atoms with Crippen LogP contribution in [0.2, 0.25) is 0 Å². The minimum Gasteiger partial charge on any atom is -0.325 e. The molecule has 0 aliphatic carbocycles. The van der Waals surface area contributed by atoms with Crippen molar-refractivity contribution in [3.8, 4) is 0 Å². The molecule has 3 aromatic carbocycles. The Hall–Kier alpha value is -3.72. The van der Waals surface area contributed by atoms with Crippen LogP contribution in [0.25, 0.3) is 0 Å². The van der Waals surface area contributed by atoms with Gasteiger partial charge in [-0.2, -0.15) is 0 Å². The molecule has 0 radical (unpaired) electrons. The molecule has 7 nitrogen and oxygen atoms in total. The average Bonchev–Trinajstić information content (AvgIpc) is 3.24. The van der Waals surface area contributed by atoms with Gasteiger partial charge in [0.05, 0.1) is 10.6 Å². The molecule has 0 bridgehead atoms. The van der Waals surface area contributed by atoms with Crippen molar-refractivity contribution >= 4 is 38.9 Å². The van der Waals surface area contributed by atoms with Crippen LogP contribution in [-0.4, -0.2) is 33.3 Å². The number of nitrogens with one attached hydrogen (secondary N) is 1. The lowest BCUT2D eigenvalue weighted by Crippen LogP contribution is -2.38. The molecule has 2 amide bonds. The highest BCUT2D eigenvalue weighted by Crippen LogP contribution is 2.29. The fourth-order valence-corrected chi connectivity index (χ4v) is 5.39. The average molecular weight is 482 g/mol. The SMILES string of the molecule is Cc1cc(NC(=O)CN(c2ccccc2F)S(=O)(=O)c2ccccc2)ccc1N1CCCC1=O. The first-order valence-electron chi connectivity index (χ1n) is 10.8. The summed E-state index contributed by atoms with van der Waals surface area (Å²) in [5, 5.41) is 2.68. The van der Waals surface area contributed by atoms with E-state index in [1.165, 1.54) is 30.3 Å². The van der Waals surface area contributed by atoms with Crippen molar-refractivity contribution in [1.82, 2.24) is 0 Å². The third-order valence-electron chi connectivity index (χ3n) is 5.58. The van der Waals surface area contributed by atoms with Gasteiger partial charge in [0.1, 0.15) is 12.4 Å². The highest BCUT2D eigenvalue weighted by atomic mass is 32.2. The summed E-state index contributed by atoms with van der Waals surface area (Å²) in [5.41, 5.74) is 1.81. The molecule has 1 fully saturated rings. The first kappa shape index (κ1) is 23.4. The Balaban J connectivity index is 1.59. The van der Waals surface area contributed by atoms with E-state index in [2.05, 4.69) is 5.32 Å². The van der Waals surface area contributed by atoms with Gasteiger partial charge in [-0.3, -0.25) is 13.9 Å². The maximum atomic E-state index is 14.6. The van der Waals surface area contributed by atoms with Gasteiger partial charge in [-0.1, -0.05) is 30.3 Å². The summed E-state index contributed by atoms with van der Waals surface area (Å²) in [5.74, 6) is -1.33. The topological polar surface area (TPSA) is 86.8 Å². The summed E-state index contributed by atoms with van der Waals surface area (Å²) in [7, 11) is -4.21. The summed E-state index contributed by atoms with van der Waals surface area (Å²) < 4.78 is 41.9. The van der Waals surface area contributed by atoms with E-state index in [4.69, 9.17) is 0 Å². The number of nitrogens with zero attached hydrogens (tertiary/aromatic N) is 2. The van der Waals surface area contributed by atoms with Crippen LogP contribution in [0.15, 0.2) is 77.7 Å². The number of amides is 2. The number of benzene rings is 3. The van der Waals surface area contributed by atoms with E-state index in [0.29, 0.717) is 18.7 Å². The zero-order valence-corrected chi connectivity index (χ0v) is 19.4. The van der Waals surface area contributed by atoms with Crippen molar-refractivity contribution in [3.05, 3.63) is 84.2 Å². The molecule has 1 N–H and O–H groups in total. The van der Waals surface area contributed by atoms with Crippen LogP contribution in [0, 0.1) is 12.7 Å². The molecule has 176 valence electrons. The molecule has 1 saturated heterocycles. The zero-order valence-electron chi connectivity index (χ0n) is 18.6. The fourth-order valence-electron chi connectivity index (χ4n) is 3.94. The number of aryl methyl sites for hydroxylation is 1. The maximum Gasteiger partial charge on any atom is 0.264 e. The molecule has 1 heterocycles. The predicted molar refractivity (Wildman–Crippen MR) is 129 cm³/mol. The smallest absolute Gasteiger partial charge is 0.264 e. The zero-order chi connectivity index (χ0) is 24.3. The Morgan fingerprint density at radius 3 is 2.41 bits per heavy atom. The lowest BCUT2D eigenvalue weighted by atomic mass is 10.1. The van der Waals surface area contributed by atoms with Crippen molar-refractivity contribution in [2.75, 3.05) is 27.6 Å². The Morgan fingerprint density at radius 2 is 1.76 bits per heavy atom. The molecule has 0 unspecified atom stereocenters.